The van der Waals surface area contributed by atoms with Crippen LogP contribution in [-0.4, -0.2) is 48.8 Å². The SMILES string of the molecule is CNc1ccnc(Nc2ccc(OC)c(OCN3CCCC3)c2)n1. The van der Waals surface area contributed by atoms with Crippen LogP contribution in [0.5, 0.6) is 11.5 Å². The van der Waals surface area contributed by atoms with Crippen molar-refractivity contribution in [2.75, 3.05) is 44.6 Å². The predicted molar refractivity (Wildman–Crippen MR) is 94.2 cm³/mol. The van der Waals surface area contributed by atoms with Gasteiger partial charge in [0.25, 0.3) is 0 Å². The first kappa shape index (κ1) is 16.3. The van der Waals surface area contributed by atoms with Crippen molar-refractivity contribution in [3.05, 3.63) is 30.5 Å². The highest BCUT2D eigenvalue weighted by atomic mass is 16.5. The third-order valence-corrected chi connectivity index (χ3v) is 3.93. The third-order valence-electron chi connectivity index (χ3n) is 3.93. The molecule has 2 N–H and O–H groups in total. The second-order valence-electron chi connectivity index (χ2n) is 5.60. The zero-order valence-electron chi connectivity index (χ0n) is 14.1. The van der Waals surface area contributed by atoms with E-state index in [9.17, 15) is 0 Å². The number of hydrogen-bond donors (Lipinski definition) is 2. The molecule has 0 aliphatic carbocycles. The summed E-state index contributed by atoms with van der Waals surface area (Å²) < 4.78 is 11.3. The zero-order chi connectivity index (χ0) is 16.8. The molecule has 1 aromatic heterocycles. The summed E-state index contributed by atoms with van der Waals surface area (Å²) in [5.41, 5.74) is 0.848. The zero-order valence-corrected chi connectivity index (χ0v) is 14.1. The van der Waals surface area contributed by atoms with Gasteiger partial charge in [-0.1, -0.05) is 0 Å². The van der Waals surface area contributed by atoms with Gasteiger partial charge in [0.1, 0.15) is 12.5 Å². The van der Waals surface area contributed by atoms with E-state index in [0.29, 0.717) is 24.2 Å². The van der Waals surface area contributed by atoms with Crippen LogP contribution in [0.3, 0.4) is 0 Å². The van der Waals surface area contributed by atoms with E-state index in [-0.39, 0.29) is 0 Å². The summed E-state index contributed by atoms with van der Waals surface area (Å²) in [6.07, 6.45) is 4.18. The van der Waals surface area contributed by atoms with Crippen LogP contribution in [0.15, 0.2) is 30.5 Å². The molecular formula is C17H23N5O2. The van der Waals surface area contributed by atoms with Crippen molar-refractivity contribution in [2.24, 2.45) is 0 Å². The van der Waals surface area contributed by atoms with Gasteiger partial charge >= 0.3 is 0 Å². The average molecular weight is 329 g/mol. The molecule has 1 fully saturated rings. The summed E-state index contributed by atoms with van der Waals surface area (Å²) in [4.78, 5) is 10.9. The van der Waals surface area contributed by atoms with E-state index in [1.54, 1.807) is 13.3 Å². The van der Waals surface area contributed by atoms with Gasteiger partial charge in [-0.05, 0) is 31.0 Å². The van der Waals surface area contributed by atoms with E-state index in [2.05, 4.69) is 25.5 Å². The maximum absolute atomic E-state index is 5.94. The van der Waals surface area contributed by atoms with E-state index in [1.165, 1.54) is 12.8 Å². The molecule has 2 aromatic rings. The minimum absolute atomic E-state index is 0.525. The number of nitrogens with zero attached hydrogens (tertiary/aromatic N) is 3. The Morgan fingerprint density at radius 2 is 2.00 bits per heavy atom. The van der Waals surface area contributed by atoms with E-state index in [0.717, 1.165) is 24.6 Å². The maximum Gasteiger partial charge on any atom is 0.229 e. The van der Waals surface area contributed by atoms with Crippen LogP contribution in [-0.2, 0) is 0 Å². The first-order valence-corrected chi connectivity index (χ1v) is 8.09. The molecule has 0 saturated carbocycles. The van der Waals surface area contributed by atoms with Crippen LogP contribution in [0.25, 0.3) is 0 Å². The Morgan fingerprint density at radius 3 is 2.75 bits per heavy atom. The summed E-state index contributed by atoms with van der Waals surface area (Å²) in [6, 6.07) is 7.51. The first-order valence-electron chi connectivity index (χ1n) is 8.09. The predicted octanol–water partition coefficient (Wildman–Crippen LogP) is 2.70. The van der Waals surface area contributed by atoms with Gasteiger partial charge in [-0.3, -0.25) is 4.90 Å². The van der Waals surface area contributed by atoms with Crippen molar-refractivity contribution < 1.29 is 9.47 Å². The molecule has 1 aliphatic heterocycles. The average Bonchev–Trinajstić information content (AvgIpc) is 3.14. The van der Waals surface area contributed by atoms with Gasteiger partial charge in [-0.2, -0.15) is 4.98 Å². The highest BCUT2D eigenvalue weighted by Crippen LogP contribution is 2.31. The lowest BCUT2D eigenvalue weighted by Gasteiger charge is -2.18. The number of ether oxygens (including phenoxy) is 2. The van der Waals surface area contributed by atoms with Crippen molar-refractivity contribution in [1.82, 2.24) is 14.9 Å². The van der Waals surface area contributed by atoms with Crippen molar-refractivity contribution in [2.45, 2.75) is 12.8 Å². The second-order valence-corrected chi connectivity index (χ2v) is 5.60. The van der Waals surface area contributed by atoms with Crippen LogP contribution >= 0.6 is 0 Å². The molecule has 0 amide bonds. The summed E-state index contributed by atoms with van der Waals surface area (Å²) in [5, 5.41) is 6.18. The molecule has 1 aromatic carbocycles. The summed E-state index contributed by atoms with van der Waals surface area (Å²) >= 11 is 0. The van der Waals surface area contributed by atoms with Gasteiger partial charge < -0.3 is 20.1 Å². The molecule has 7 nitrogen and oxygen atoms in total. The fraction of sp³-hybridized carbons (Fsp3) is 0.412. The Balaban J connectivity index is 1.72. The normalized spacial score (nSPS) is 14.4. The van der Waals surface area contributed by atoms with E-state index < -0.39 is 0 Å². The van der Waals surface area contributed by atoms with Crippen molar-refractivity contribution >= 4 is 17.5 Å². The van der Waals surface area contributed by atoms with E-state index in [4.69, 9.17) is 9.47 Å². The van der Waals surface area contributed by atoms with E-state index >= 15 is 0 Å². The third kappa shape index (κ3) is 4.05. The van der Waals surface area contributed by atoms with Crippen LogP contribution in [0.1, 0.15) is 12.8 Å². The van der Waals surface area contributed by atoms with E-state index in [1.807, 2.05) is 31.3 Å². The fourth-order valence-corrected chi connectivity index (χ4v) is 2.63. The number of anilines is 3. The second kappa shape index (κ2) is 7.83. The first-order chi connectivity index (χ1) is 11.8. The van der Waals surface area contributed by atoms with Gasteiger partial charge in [0.05, 0.1) is 7.11 Å². The van der Waals surface area contributed by atoms with Crippen LogP contribution in [0.4, 0.5) is 17.5 Å². The summed E-state index contributed by atoms with van der Waals surface area (Å²) in [5.74, 6) is 2.70. The number of nitrogens with one attached hydrogen (secondary N) is 2. The lowest BCUT2D eigenvalue weighted by Crippen LogP contribution is -2.24. The fourth-order valence-electron chi connectivity index (χ4n) is 2.63. The molecule has 24 heavy (non-hydrogen) atoms. The lowest BCUT2D eigenvalue weighted by atomic mass is 10.3. The Hall–Kier alpha value is -2.54. The minimum atomic E-state index is 0.525. The monoisotopic (exact) mass is 329 g/mol. The van der Waals surface area contributed by atoms with Gasteiger partial charge in [-0.25, -0.2) is 4.98 Å². The lowest BCUT2D eigenvalue weighted by molar-refractivity contribution is 0.148. The van der Waals surface area contributed by atoms with Crippen LogP contribution in [0.2, 0.25) is 0 Å². The number of aromatic nitrogens is 2. The quantitative estimate of drug-likeness (QED) is 0.809. The van der Waals surface area contributed by atoms with Gasteiger partial charge in [0.15, 0.2) is 11.5 Å². The van der Waals surface area contributed by atoms with Crippen molar-refractivity contribution in [3.63, 3.8) is 0 Å². The molecule has 3 rings (SSSR count). The molecule has 128 valence electrons. The molecule has 2 heterocycles. The summed E-state index contributed by atoms with van der Waals surface area (Å²) in [6.45, 7) is 2.75. The molecular weight excluding hydrogens is 306 g/mol. The maximum atomic E-state index is 5.94. The van der Waals surface area contributed by atoms with Crippen molar-refractivity contribution in [3.8, 4) is 11.5 Å². The topological polar surface area (TPSA) is 71.5 Å². The van der Waals surface area contributed by atoms with Gasteiger partial charge in [0, 0.05) is 38.1 Å². The molecule has 0 atom stereocenters. The Morgan fingerprint density at radius 1 is 1.17 bits per heavy atom. The van der Waals surface area contributed by atoms with Gasteiger partial charge in [-0.15, -0.1) is 0 Å². The summed E-state index contributed by atoms with van der Waals surface area (Å²) in [7, 11) is 3.47. The Bertz CT molecular complexity index is 674. The number of hydrogen-bond acceptors (Lipinski definition) is 7. The largest absolute Gasteiger partial charge is 0.493 e. The molecule has 0 spiro atoms. The number of benzene rings is 1. The van der Waals surface area contributed by atoms with Crippen molar-refractivity contribution in [1.29, 1.82) is 0 Å². The molecule has 7 heteroatoms. The molecule has 1 saturated heterocycles. The van der Waals surface area contributed by atoms with Crippen LogP contribution in [0, 0.1) is 0 Å². The minimum Gasteiger partial charge on any atom is -0.493 e. The number of likely N-dealkylation sites (tertiary alicyclic amines) is 1. The molecule has 0 unspecified atom stereocenters. The molecule has 0 radical (unpaired) electrons. The highest BCUT2D eigenvalue weighted by Gasteiger charge is 2.13. The number of methoxy groups -OCH3 is 1. The number of rotatable bonds is 7. The van der Waals surface area contributed by atoms with Gasteiger partial charge in [0.2, 0.25) is 5.95 Å². The standard InChI is InChI=1S/C17H23N5O2/c1-18-16-7-8-19-17(21-16)20-13-5-6-14(23-2)15(11-13)24-12-22-9-3-4-10-22/h5-8,11H,3-4,9-10,12H2,1-2H3,(H2,18,19,20,21). The molecule has 0 bridgehead atoms. The highest BCUT2D eigenvalue weighted by molar-refractivity contribution is 5.60. The Kier molecular flexibility index (Phi) is 5.32. The Labute approximate surface area is 142 Å². The smallest absolute Gasteiger partial charge is 0.229 e. The van der Waals surface area contributed by atoms with Crippen LogP contribution < -0.4 is 20.1 Å². The molecule has 1 aliphatic rings.